The van der Waals surface area contributed by atoms with Crippen LogP contribution in [0.5, 0.6) is 17.2 Å². The third-order valence-corrected chi connectivity index (χ3v) is 6.25. The Morgan fingerprint density at radius 2 is 1.71 bits per heavy atom. The van der Waals surface area contributed by atoms with Gasteiger partial charge in [0.15, 0.2) is 17.5 Å². The van der Waals surface area contributed by atoms with E-state index in [0.717, 1.165) is 37.9 Å². The van der Waals surface area contributed by atoms with Crippen LogP contribution in [0.2, 0.25) is 0 Å². The second-order valence-corrected chi connectivity index (χ2v) is 8.19. The zero-order valence-electron chi connectivity index (χ0n) is 19.2. The van der Waals surface area contributed by atoms with Gasteiger partial charge in [0, 0.05) is 50.3 Å². The van der Waals surface area contributed by atoms with Gasteiger partial charge in [-0.1, -0.05) is 19.3 Å². The highest BCUT2D eigenvalue weighted by atomic mass is 16.5. The molecular formula is C23H36N4O4. The van der Waals surface area contributed by atoms with Crippen LogP contribution < -0.4 is 24.8 Å². The van der Waals surface area contributed by atoms with Gasteiger partial charge in [-0.3, -0.25) is 9.79 Å². The summed E-state index contributed by atoms with van der Waals surface area (Å²) in [5.74, 6) is 3.25. The number of rotatable bonds is 7. The third-order valence-electron chi connectivity index (χ3n) is 6.25. The van der Waals surface area contributed by atoms with Gasteiger partial charge in [-0.05, 0) is 25.3 Å². The molecule has 0 spiro atoms. The molecule has 1 amide bonds. The van der Waals surface area contributed by atoms with Gasteiger partial charge in [-0.15, -0.1) is 0 Å². The van der Waals surface area contributed by atoms with Crippen LogP contribution >= 0.6 is 0 Å². The lowest BCUT2D eigenvalue weighted by Gasteiger charge is -2.26. The second kappa shape index (κ2) is 11.1. The van der Waals surface area contributed by atoms with E-state index >= 15 is 0 Å². The minimum atomic E-state index is 0.200. The topological polar surface area (TPSA) is 84.4 Å². The van der Waals surface area contributed by atoms with Crippen LogP contribution in [-0.2, 0) is 11.3 Å². The molecule has 1 aromatic carbocycles. The maximum Gasteiger partial charge on any atom is 0.225 e. The molecule has 0 aromatic heterocycles. The number of hydrogen-bond donors (Lipinski definition) is 2. The summed E-state index contributed by atoms with van der Waals surface area (Å²) in [5, 5.41) is 6.80. The third kappa shape index (κ3) is 5.74. The number of nitrogens with one attached hydrogen (secondary N) is 2. The predicted molar refractivity (Wildman–Crippen MR) is 121 cm³/mol. The molecule has 0 radical (unpaired) electrons. The van der Waals surface area contributed by atoms with Crippen LogP contribution in [0, 0.1) is 5.92 Å². The van der Waals surface area contributed by atoms with Crippen molar-refractivity contribution >= 4 is 11.9 Å². The summed E-state index contributed by atoms with van der Waals surface area (Å²) in [6.45, 7) is 2.06. The second-order valence-electron chi connectivity index (χ2n) is 8.19. The molecule has 8 nitrogen and oxygen atoms in total. The van der Waals surface area contributed by atoms with Crippen molar-refractivity contribution in [3.63, 3.8) is 0 Å². The van der Waals surface area contributed by atoms with E-state index < -0.39 is 0 Å². The summed E-state index contributed by atoms with van der Waals surface area (Å²) in [4.78, 5) is 19.2. The fourth-order valence-corrected chi connectivity index (χ4v) is 4.48. The molecule has 2 fully saturated rings. The zero-order valence-corrected chi connectivity index (χ0v) is 19.2. The van der Waals surface area contributed by atoms with Crippen molar-refractivity contribution in [1.82, 2.24) is 15.5 Å². The average molecular weight is 433 g/mol. The number of ether oxygens (including phenoxy) is 3. The molecule has 8 heteroatoms. The van der Waals surface area contributed by atoms with E-state index in [-0.39, 0.29) is 12.0 Å². The Bertz CT molecular complexity index is 777. The first kappa shape index (κ1) is 23.0. The first-order chi connectivity index (χ1) is 15.1. The van der Waals surface area contributed by atoms with E-state index in [1.807, 2.05) is 17.0 Å². The van der Waals surface area contributed by atoms with Crippen LogP contribution in [0.25, 0.3) is 0 Å². The number of hydrogen-bond acceptors (Lipinski definition) is 5. The van der Waals surface area contributed by atoms with Gasteiger partial charge in [0.25, 0.3) is 0 Å². The molecule has 3 rings (SSSR count). The molecule has 172 valence electrons. The number of carbonyl (C=O) groups excluding carboxylic acids is 1. The Morgan fingerprint density at radius 3 is 2.35 bits per heavy atom. The van der Waals surface area contributed by atoms with Crippen molar-refractivity contribution in [2.75, 3.05) is 41.5 Å². The summed E-state index contributed by atoms with van der Waals surface area (Å²) in [5.41, 5.74) is 0.934. The van der Waals surface area contributed by atoms with E-state index in [1.165, 1.54) is 19.3 Å². The van der Waals surface area contributed by atoms with Crippen LogP contribution in [0.3, 0.4) is 0 Å². The predicted octanol–water partition coefficient (Wildman–Crippen LogP) is 2.56. The number of methoxy groups -OCH3 is 3. The Hall–Kier alpha value is -2.64. The molecule has 2 aliphatic rings. The van der Waals surface area contributed by atoms with Crippen molar-refractivity contribution in [1.29, 1.82) is 0 Å². The summed E-state index contributed by atoms with van der Waals surface area (Å²) in [6.07, 6.45) is 6.65. The maximum absolute atomic E-state index is 12.8. The monoisotopic (exact) mass is 432 g/mol. The Kier molecular flexibility index (Phi) is 8.26. The van der Waals surface area contributed by atoms with Crippen molar-refractivity contribution in [3.05, 3.63) is 17.7 Å². The van der Waals surface area contributed by atoms with E-state index in [4.69, 9.17) is 14.2 Å². The van der Waals surface area contributed by atoms with Crippen molar-refractivity contribution in [3.8, 4) is 17.2 Å². The Labute approximate surface area is 185 Å². The van der Waals surface area contributed by atoms with Gasteiger partial charge < -0.3 is 29.7 Å². The number of nitrogens with zero attached hydrogens (tertiary/aromatic N) is 2. The van der Waals surface area contributed by atoms with Crippen LogP contribution in [0.4, 0.5) is 0 Å². The molecule has 1 atom stereocenters. The molecular weight excluding hydrogens is 396 g/mol. The van der Waals surface area contributed by atoms with Gasteiger partial charge in [0.05, 0.1) is 21.3 Å². The van der Waals surface area contributed by atoms with Gasteiger partial charge in [-0.25, -0.2) is 0 Å². The molecule has 1 aliphatic carbocycles. The summed E-state index contributed by atoms with van der Waals surface area (Å²) < 4.78 is 16.3. The standard InChI is InChI=1S/C23H36N4O4/c1-24-23(25-14-17-12-20(30-3)21(31-4)13-19(17)29-2)26-18-10-11-27(15-18)22(28)16-8-6-5-7-9-16/h12-13,16,18H,5-11,14-15H2,1-4H3,(H2,24,25,26). The largest absolute Gasteiger partial charge is 0.496 e. The SMILES string of the molecule is CN=C(NCc1cc(OC)c(OC)cc1OC)NC1CCN(C(=O)C2CCCCC2)C1. The molecule has 1 unspecified atom stereocenters. The minimum absolute atomic E-state index is 0.200. The molecule has 1 saturated heterocycles. The van der Waals surface area contributed by atoms with E-state index in [0.29, 0.717) is 35.7 Å². The van der Waals surface area contributed by atoms with Crippen molar-refractivity contribution in [2.24, 2.45) is 10.9 Å². The molecule has 2 N–H and O–H groups in total. The minimum Gasteiger partial charge on any atom is -0.496 e. The van der Waals surface area contributed by atoms with Gasteiger partial charge in [-0.2, -0.15) is 0 Å². The lowest BCUT2D eigenvalue weighted by Crippen LogP contribution is -2.45. The van der Waals surface area contributed by atoms with E-state index in [1.54, 1.807) is 28.4 Å². The normalized spacial score (nSPS) is 19.8. The van der Waals surface area contributed by atoms with Crippen LogP contribution in [-0.4, -0.2) is 64.3 Å². The quantitative estimate of drug-likeness (QED) is 0.509. The van der Waals surface area contributed by atoms with Gasteiger partial charge in [0.1, 0.15) is 5.75 Å². The molecule has 0 bridgehead atoms. The highest BCUT2D eigenvalue weighted by Gasteiger charge is 2.31. The Balaban J connectivity index is 1.55. The maximum atomic E-state index is 12.8. The van der Waals surface area contributed by atoms with E-state index in [2.05, 4.69) is 15.6 Å². The fourth-order valence-electron chi connectivity index (χ4n) is 4.48. The van der Waals surface area contributed by atoms with E-state index in [9.17, 15) is 4.79 Å². The Morgan fingerprint density at radius 1 is 1.03 bits per heavy atom. The summed E-state index contributed by atoms with van der Waals surface area (Å²) in [6, 6.07) is 3.92. The molecule has 31 heavy (non-hydrogen) atoms. The van der Waals surface area contributed by atoms with Crippen LogP contribution in [0.15, 0.2) is 17.1 Å². The molecule has 1 aromatic rings. The van der Waals surface area contributed by atoms with Crippen molar-refractivity contribution < 1.29 is 19.0 Å². The number of benzene rings is 1. The van der Waals surface area contributed by atoms with Crippen LogP contribution in [0.1, 0.15) is 44.1 Å². The van der Waals surface area contributed by atoms with Gasteiger partial charge >= 0.3 is 0 Å². The molecule has 1 heterocycles. The van der Waals surface area contributed by atoms with Gasteiger partial charge in [0.2, 0.25) is 5.91 Å². The number of carbonyl (C=O) groups is 1. The summed E-state index contributed by atoms with van der Waals surface area (Å²) in [7, 11) is 6.60. The summed E-state index contributed by atoms with van der Waals surface area (Å²) >= 11 is 0. The lowest BCUT2D eigenvalue weighted by atomic mass is 9.88. The highest BCUT2D eigenvalue weighted by molar-refractivity contribution is 5.81. The van der Waals surface area contributed by atoms with Crippen molar-refractivity contribution in [2.45, 2.75) is 51.1 Å². The molecule has 1 aliphatic heterocycles. The number of guanidine groups is 1. The number of aliphatic imine (C=N–C) groups is 1. The number of amides is 1. The average Bonchev–Trinajstić information content (AvgIpc) is 3.29. The molecule has 1 saturated carbocycles. The lowest BCUT2D eigenvalue weighted by molar-refractivity contribution is -0.135. The zero-order chi connectivity index (χ0) is 22.2. The fraction of sp³-hybridized carbons (Fsp3) is 0.652. The smallest absolute Gasteiger partial charge is 0.225 e. The first-order valence-electron chi connectivity index (χ1n) is 11.1. The highest BCUT2D eigenvalue weighted by Crippen LogP contribution is 2.34. The first-order valence-corrected chi connectivity index (χ1v) is 11.1. The number of likely N-dealkylation sites (tertiary alicyclic amines) is 1.